The van der Waals surface area contributed by atoms with E-state index in [0.717, 1.165) is 24.0 Å². The fourth-order valence-corrected chi connectivity index (χ4v) is 1.68. The maximum atomic E-state index is 9.19. The number of rotatable bonds is 4. The van der Waals surface area contributed by atoms with Gasteiger partial charge in [-0.2, -0.15) is 0 Å². The molecule has 22 heavy (non-hydrogen) atoms. The number of para-hydroxylation sites is 2. The van der Waals surface area contributed by atoms with E-state index in [9.17, 15) is 10.2 Å². The van der Waals surface area contributed by atoms with E-state index in [2.05, 4.69) is 13.2 Å². The van der Waals surface area contributed by atoms with Gasteiger partial charge in [-0.3, -0.25) is 0 Å². The van der Waals surface area contributed by atoms with Gasteiger partial charge in [0.25, 0.3) is 0 Å². The van der Waals surface area contributed by atoms with Crippen LogP contribution in [0.2, 0.25) is 0 Å². The molecule has 0 unspecified atom stereocenters. The van der Waals surface area contributed by atoms with E-state index in [-0.39, 0.29) is 34.0 Å². The molecule has 0 heterocycles. The molecule has 4 heteroatoms. The predicted octanol–water partition coefficient (Wildman–Crippen LogP) is 5.40. The Morgan fingerprint density at radius 3 is 1.27 bits per heavy atom. The first kappa shape index (κ1) is 22.8. The zero-order valence-electron chi connectivity index (χ0n) is 12.3. The van der Waals surface area contributed by atoms with Crippen molar-refractivity contribution in [3.8, 4) is 11.5 Å². The number of phenolic OH excluding ortho intramolecular Hbond substituents is 2. The lowest BCUT2D eigenvalue weighted by Crippen LogP contribution is -1.79. The molecule has 0 aliphatic heterocycles. The first-order valence-corrected chi connectivity index (χ1v) is 6.44. The summed E-state index contributed by atoms with van der Waals surface area (Å²) in [6.45, 7) is 7.17. The fourth-order valence-electron chi connectivity index (χ4n) is 1.68. The summed E-state index contributed by atoms with van der Waals surface area (Å²) in [5, 5.41) is 18.4. The highest BCUT2D eigenvalue weighted by atomic mass is 79.9. The van der Waals surface area contributed by atoms with Crippen molar-refractivity contribution in [3.63, 3.8) is 0 Å². The SMILES string of the molecule is Br.Br.C=CCc1ccccc1O.C=CCc1ccccc1O. The summed E-state index contributed by atoms with van der Waals surface area (Å²) >= 11 is 0. The molecule has 2 rings (SSSR count). The van der Waals surface area contributed by atoms with Gasteiger partial charge in [-0.25, -0.2) is 0 Å². The first-order valence-electron chi connectivity index (χ1n) is 6.44. The van der Waals surface area contributed by atoms with Crippen LogP contribution < -0.4 is 0 Å². The van der Waals surface area contributed by atoms with Crippen molar-refractivity contribution in [2.75, 3.05) is 0 Å². The monoisotopic (exact) mass is 428 g/mol. The van der Waals surface area contributed by atoms with Crippen molar-refractivity contribution in [2.24, 2.45) is 0 Å². The summed E-state index contributed by atoms with van der Waals surface area (Å²) < 4.78 is 0. The van der Waals surface area contributed by atoms with Crippen LogP contribution in [-0.2, 0) is 12.8 Å². The molecule has 0 saturated carbocycles. The normalized spacial score (nSPS) is 8.36. The Morgan fingerprint density at radius 2 is 1.00 bits per heavy atom. The fraction of sp³-hybridized carbons (Fsp3) is 0.111. The van der Waals surface area contributed by atoms with Gasteiger partial charge in [0.2, 0.25) is 0 Å². The van der Waals surface area contributed by atoms with Crippen molar-refractivity contribution < 1.29 is 10.2 Å². The number of hydrogen-bond acceptors (Lipinski definition) is 2. The molecule has 0 amide bonds. The van der Waals surface area contributed by atoms with Crippen LogP contribution in [0.3, 0.4) is 0 Å². The van der Waals surface area contributed by atoms with Crippen LogP contribution in [0.15, 0.2) is 73.8 Å². The van der Waals surface area contributed by atoms with E-state index in [1.54, 1.807) is 24.3 Å². The largest absolute Gasteiger partial charge is 0.508 e. The average Bonchev–Trinajstić information content (AvgIpc) is 2.45. The van der Waals surface area contributed by atoms with Gasteiger partial charge in [-0.1, -0.05) is 48.6 Å². The van der Waals surface area contributed by atoms with Crippen LogP contribution in [-0.4, -0.2) is 10.2 Å². The Labute approximate surface area is 153 Å². The topological polar surface area (TPSA) is 40.5 Å². The molecule has 0 fully saturated rings. The first-order chi connectivity index (χ1) is 9.69. The standard InChI is InChI=1S/2C9H10O.2BrH/c2*1-2-5-8-6-3-4-7-9(8)10;;/h2*2-4,6-7,10H,1,5H2;2*1H. The van der Waals surface area contributed by atoms with E-state index in [1.807, 2.05) is 36.4 Å². The summed E-state index contributed by atoms with van der Waals surface area (Å²) in [5.41, 5.74) is 1.86. The maximum absolute atomic E-state index is 9.19. The summed E-state index contributed by atoms with van der Waals surface area (Å²) in [6.07, 6.45) is 5.00. The summed E-state index contributed by atoms with van der Waals surface area (Å²) in [7, 11) is 0. The van der Waals surface area contributed by atoms with Crippen LogP contribution in [0, 0.1) is 0 Å². The molecule has 0 aromatic heterocycles. The van der Waals surface area contributed by atoms with Crippen molar-refractivity contribution >= 4 is 34.0 Å². The Morgan fingerprint density at radius 1 is 0.682 bits per heavy atom. The highest BCUT2D eigenvalue weighted by Crippen LogP contribution is 2.16. The lowest BCUT2D eigenvalue weighted by Gasteiger charge is -1.97. The molecule has 0 aliphatic carbocycles. The van der Waals surface area contributed by atoms with Crippen molar-refractivity contribution in [3.05, 3.63) is 85.0 Å². The number of phenols is 2. The molecule has 0 aliphatic rings. The molecule has 2 aromatic rings. The summed E-state index contributed by atoms with van der Waals surface area (Å²) in [6, 6.07) is 14.5. The third-order valence-electron chi connectivity index (χ3n) is 2.71. The molecule has 0 spiro atoms. The third-order valence-corrected chi connectivity index (χ3v) is 2.71. The number of benzene rings is 2. The van der Waals surface area contributed by atoms with Crippen molar-refractivity contribution in [1.29, 1.82) is 0 Å². The molecule has 0 saturated heterocycles. The van der Waals surface area contributed by atoms with Crippen molar-refractivity contribution in [2.45, 2.75) is 12.8 Å². The summed E-state index contributed by atoms with van der Waals surface area (Å²) in [4.78, 5) is 0. The molecule has 2 aromatic carbocycles. The minimum Gasteiger partial charge on any atom is -0.508 e. The Kier molecular flexibility index (Phi) is 13.6. The lowest BCUT2D eigenvalue weighted by atomic mass is 10.1. The number of allylic oxidation sites excluding steroid dienone is 2. The van der Waals surface area contributed by atoms with Crippen LogP contribution in [0.1, 0.15) is 11.1 Å². The number of aromatic hydroxyl groups is 2. The molecule has 0 bridgehead atoms. The lowest BCUT2D eigenvalue weighted by molar-refractivity contribution is 0.469. The molecule has 120 valence electrons. The number of hydrogen-bond donors (Lipinski definition) is 2. The van der Waals surface area contributed by atoms with E-state index in [0.29, 0.717) is 11.5 Å². The smallest absolute Gasteiger partial charge is 0.119 e. The summed E-state index contributed by atoms with van der Waals surface area (Å²) in [5.74, 6) is 0.699. The van der Waals surface area contributed by atoms with Gasteiger partial charge in [0, 0.05) is 0 Å². The molecule has 2 N–H and O–H groups in total. The molecular formula is C18H22Br2O2. The maximum Gasteiger partial charge on any atom is 0.119 e. The highest BCUT2D eigenvalue weighted by Gasteiger charge is 1.94. The quantitative estimate of drug-likeness (QED) is 0.639. The zero-order valence-corrected chi connectivity index (χ0v) is 15.7. The Bertz CT molecular complexity index is 517. The van der Waals surface area contributed by atoms with Gasteiger partial charge in [0.1, 0.15) is 11.5 Å². The molecule has 2 nitrogen and oxygen atoms in total. The van der Waals surface area contributed by atoms with Gasteiger partial charge < -0.3 is 10.2 Å². The number of halogens is 2. The highest BCUT2D eigenvalue weighted by molar-refractivity contribution is 8.93. The van der Waals surface area contributed by atoms with E-state index in [1.165, 1.54) is 0 Å². The van der Waals surface area contributed by atoms with Gasteiger partial charge in [-0.05, 0) is 36.1 Å². The third kappa shape index (κ3) is 8.05. The van der Waals surface area contributed by atoms with E-state index < -0.39 is 0 Å². The van der Waals surface area contributed by atoms with E-state index in [4.69, 9.17) is 0 Å². The second-order valence-corrected chi connectivity index (χ2v) is 4.24. The minimum atomic E-state index is 0. The van der Waals surface area contributed by atoms with Gasteiger partial charge in [0.15, 0.2) is 0 Å². The molecule has 0 atom stereocenters. The van der Waals surface area contributed by atoms with Gasteiger partial charge >= 0.3 is 0 Å². The Hall–Kier alpha value is -1.52. The Balaban J connectivity index is 0. The predicted molar refractivity (Wildman–Crippen MR) is 105 cm³/mol. The van der Waals surface area contributed by atoms with Crippen LogP contribution in [0.4, 0.5) is 0 Å². The van der Waals surface area contributed by atoms with Crippen LogP contribution in [0.25, 0.3) is 0 Å². The van der Waals surface area contributed by atoms with Crippen molar-refractivity contribution in [1.82, 2.24) is 0 Å². The van der Waals surface area contributed by atoms with Crippen LogP contribution >= 0.6 is 34.0 Å². The van der Waals surface area contributed by atoms with Gasteiger partial charge in [-0.15, -0.1) is 47.1 Å². The van der Waals surface area contributed by atoms with Crippen LogP contribution in [0.5, 0.6) is 11.5 Å². The van der Waals surface area contributed by atoms with Gasteiger partial charge in [0.05, 0.1) is 0 Å². The zero-order chi connectivity index (χ0) is 14.8. The molecule has 0 radical (unpaired) electrons. The second-order valence-electron chi connectivity index (χ2n) is 4.24. The van der Waals surface area contributed by atoms with E-state index >= 15 is 0 Å². The molecular weight excluding hydrogens is 408 g/mol. The second kappa shape index (κ2) is 13.2. The average molecular weight is 430 g/mol. The minimum absolute atomic E-state index is 0.